The smallest absolute Gasteiger partial charge is 0.332 e. The molecule has 1 amide bonds. The number of carboxylic acids is 1. The number of aromatic nitrogens is 4. The van der Waals surface area contributed by atoms with Crippen molar-refractivity contribution in [1.29, 1.82) is 0 Å². The Morgan fingerprint density at radius 3 is 2.80 bits per heavy atom. The molecule has 0 aliphatic heterocycles. The standard InChI is InChI=1S/C12H15N5O3/c1-3-17-8(4-5-14-17)11(18)15-10(12(19)20)9-6-13-7-16(9)2/h4-7,10H,3H2,1-2H3,(H,15,18)(H,19,20). The molecule has 0 saturated carbocycles. The van der Waals surface area contributed by atoms with Gasteiger partial charge in [0.05, 0.1) is 18.2 Å². The molecule has 0 spiro atoms. The molecular formula is C12H15N5O3. The van der Waals surface area contributed by atoms with Crippen LogP contribution in [0.2, 0.25) is 0 Å². The lowest BCUT2D eigenvalue weighted by Gasteiger charge is -2.15. The van der Waals surface area contributed by atoms with Crippen LogP contribution in [0, 0.1) is 0 Å². The highest BCUT2D eigenvalue weighted by Crippen LogP contribution is 2.13. The third-order valence-electron chi connectivity index (χ3n) is 2.92. The molecule has 0 saturated heterocycles. The van der Waals surface area contributed by atoms with Gasteiger partial charge in [-0.1, -0.05) is 0 Å². The van der Waals surface area contributed by atoms with Crippen molar-refractivity contribution < 1.29 is 14.7 Å². The van der Waals surface area contributed by atoms with Crippen molar-refractivity contribution in [2.45, 2.75) is 19.5 Å². The Balaban J connectivity index is 2.24. The minimum absolute atomic E-state index is 0.320. The van der Waals surface area contributed by atoms with Crippen LogP contribution >= 0.6 is 0 Å². The van der Waals surface area contributed by atoms with E-state index in [0.29, 0.717) is 17.9 Å². The third kappa shape index (κ3) is 2.53. The van der Waals surface area contributed by atoms with Crippen molar-refractivity contribution in [2.24, 2.45) is 7.05 Å². The van der Waals surface area contributed by atoms with Crippen molar-refractivity contribution in [1.82, 2.24) is 24.6 Å². The van der Waals surface area contributed by atoms with Crippen LogP contribution in [0.5, 0.6) is 0 Å². The Morgan fingerprint density at radius 1 is 1.50 bits per heavy atom. The van der Waals surface area contributed by atoms with Crippen LogP contribution in [0.1, 0.15) is 29.1 Å². The minimum atomic E-state index is -1.16. The maximum absolute atomic E-state index is 12.1. The van der Waals surface area contributed by atoms with Gasteiger partial charge in [0.2, 0.25) is 0 Å². The summed E-state index contributed by atoms with van der Waals surface area (Å²) in [6.07, 6.45) is 4.39. The highest BCUT2D eigenvalue weighted by molar-refractivity contribution is 5.95. The highest BCUT2D eigenvalue weighted by Gasteiger charge is 2.26. The first-order chi connectivity index (χ1) is 9.54. The van der Waals surface area contributed by atoms with Gasteiger partial charge in [-0.2, -0.15) is 5.10 Å². The first-order valence-electron chi connectivity index (χ1n) is 6.06. The Kier molecular flexibility index (Phi) is 3.83. The third-order valence-corrected chi connectivity index (χ3v) is 2.92. The fourth-order valence-corrected chi connectivity index (χ4v) is 1.89. The number of nitrogens with zero attached hydrogens (tertiary/aromatic N) is 4. The molecule has 1 atom stereocenters. The van der Waals surface area contributed by atoms with E-state index in [9.17, 15) is 14.7 Å². The normalized spacial score (nSPS) is 12.1. The van der Waals surface area contributed by atoms with Gasteiger partial charge in [0.1, 0.15) is 5.69 Å². The number of carbonyl (C=O) groups is 2. The van der Waals surface area contributed by atoms with Crippen molar-refractivity contribution in [3.8, 4) is 0 Å². The lowest BCUT2D eigenvalue weighted by molar-refractivity contribution is -0.139. The quantitative estimate of drug-likeness (QED) is 0.812. The van der Waals surface area contributed by atoms with Crippen LogP contribution in [-0.4, -0.2) is 36.3 Å². The highest BCUT2D eigenvalue weighted by atomic mass is 16.4. The predicted octanol–water partition coefficient (Wildman–Crippen LogP) is 0.192. The van der Waals surface area contributed by atoms with Crippen LogP contribution in [0.4, 0.5) is 0 Å². The van der Waals surface area contributed by atoms with Gasteiger partial charge in [0.25, 0.3) is 5.91 Å². The van der Waals surface area contributed by atoms with Gasteiger partial charge in [-0.05, 0) is 13.0 Å². The van der Waals surface area contributed by atoms with Crippen molar-refractivity contribution in [3.63, 3.8) is 0 Å². The lowest BCUT2D eigenvalue weighted by Crippen LogP contribution is -2.36. The number of aryl methyl sites for hydroxylation is 2. The number of carbonyl (C=O) groups excluding carboxylic acids is 1. The van der Waals surface area contributed by atoms with E-state index >= 15 is 0 Å². The second-order valence-corrected chi connectivity index (χ2v) is 4.21. The van der Waals surface area contributed by atoms with E-state index in [-0.39, 0.29) is 0 Å². The molecule has 20 heavy (non-hydrogen) atoms. The molecule has 2 heterocycles. The van der Waals surface area contributed by atoms with E-state index in [4.69, 9.17) is 0 Å². The summed E-state index contributed by atoms with van der Waals surface area (Å²) < 4.78 is 3.05. The molecule has 2 aromatic heterocycles. The fraction of sp³-hybridized carbons (Fsp3) is 0.333. The molecule has 1 unspecified atom stereocenters. The molecule has 0 aliphatic rings. The Labute approximate surface area is 115 Å². The monoisotopic (exact) mass is 277 g/mol. The summed E-state index contributed by atoms with van der Waals surface area (Å²) in [4.78, 5) is 27.3. The summed E-state index contributed by atoms with van der Waals surface area (Å²) in [7, 11) is 1.67. The summed E-state index contributed by atoms with van der Waals surface area (Å²) in [5.74, 6) is -1.64. The summed E-state index contributed by atoms with van der Waals surface area (Å²) in [6, 6.07) is 0.385. The maximum Gasteiger partial charge on any atom is 0.332 e. The second-order valence-electron chi connectivity index (χ2n) is 4.21. The molecule has 0 bridgehead atoms. The predicted molar refractivity (Wildman–Crippen MR) is 69.0 cm³/mol. The van der Waals surface area contributed by atoms with Crippen LogP contribution in [0.3, 0.4) is 0 Å². The van der Waals surface area contributed by atoms with E-state index in [1.54, 1.807) is 17.7 Å². The molecule has 2 aromatic rings. The van der Waals surface area contributed by atoms with Gasteiger partial charge in [0.15, 0.2) is 6.04 Å². The summed E-state index contributed by atoms with van der Waals surface area (Å²) >= 11 is 0. The SMILES string of the molecule is CCn1nccc1C(=O)NC(C(=O)O)c1cncn1C. The van der Waals surface area contributed by atoms with Gasteiger partial charge < -0.3 is 15.0 Å². The zero-order valence-electron chi connectivity index (χ0n) is 11.1. The molecule has 8 nitrogen and oxygen atoms in total. The summed E-state index contributed by atoms with van der Waals surface area (Å²) in [5, 5.41) is 15.7. The van der Waals surface area contributed by atoms with Crippen LogP contribution in [-0.2, 0) is 18.4 Å². The summed E-state index contributed by atoms with van der Waals surface area (Å²) in [6.45, 7) is 2.37. The zero-order valence-corrected chi connectivity index (χ0v) is 11.1. The van der Waals surface area contributed by atoms with E-state index in [1.807, 2.05) is 6.92 Å². The number of aliphatic carboxylic acids is 1. The van der Waals surface area contributed by atoms with Gasteiger partial charge >= 0.3 is 5.97 Å². The second kappa shape index (κ2) is 5.55. The molecule has 0 fully saturated rings. The van der Waals surface area contributed by atoms with Gasteiger partial charge in [0, 0.05) is 19.8 Å². The Morgan fingerprint density at radius 2 is 2.25 bits per heavy atom. The Bertz CT molecular complexity index is 631. The number of imidazole rings is 1. The lowest BCUT2D eigenvalue weighted by atomic mass is 10.2. The number of amides is 1. The number of rotatable bonds is 5. The number of carboxylic acid groups (broad SMARTS) is 1. The van der Waals surface area contributed by atoms with E-state index in [1.165, 1.54) is 23.4 Å². The van der Waals surface area contributed by atoms with E-state index in [2.05, 4.69) is 15.4 Å². The van der Waals surface area contributed by atoms with Crippen LogP contribution in [0.25, 0.3) is 0 Å². The maximum atomic E-state index is 12.1. The molecule has 2 N–H and O–H groups in total. The van der Waals surface area contributed by atoms with Crippen molar-refractivity contribution in [3.05, 3.63) is 36.2 Å². The fourth-order valence-electron chi connectivity index (χ4n) is 1.89. The first-order valence-corrected chi connectivity index (χ1v) is 6.06. The molecule has 2 rings (SSSR count). The number of hydrogen-bond acceptors (Lipinski definition) is 4. The van der Waals surface area contributed by atoms with E-state index in [0.717, 1.165) is 0 Å². The number of nitrogens with one attached hydrogen (secondary N) is 1. The van der Waals surface area contributed by atoms with Crippen LogP contribution in [0.15, 0.2) is 24.8 Å². The van der Waals surface area contributed by atoms with E-state index < -0.39 is 17.9 Å². The average Bonchev–Trinajstić information content (AvgIpc) is 3.03. The Hall–Kier alpha value is -2.64. The first kappa shape index (κ1) is 13.8. The molecule has 0 radical (unpaired) electrons. The van der Waals surface area contributed by atoms with Gasteiger partial charge in [-0.3, -0.25) is 9.48 Å². The minimum Gasteiger partial charge on any atom is -0.479 e. The van der Waals surface area contributed by atoms with Gasteiger partial charge in [-0.25, -0.2) is 9.78 Å². The largest absolute Gasteiger partial charge is 0.479 e. The molecule has 106 valence electrons. The van der Waals surface area contributed by atoms with Gasteiger partial charge in [-0.15, -0.1) is 0 Å². The molecular weight excluding hydrogens is 262 g/mol. The topological polar surface area (TPSA) is 102 Å². The molecule has 0 aromatic carbocycles. The average molecular weight is 277 g/mol. The number of hydrogen-bond donors (Lipinski definition) is 2. The molecule has 0 aliphatic carbocycles. The molecule has 8 heteroatoms. The van der Waals surface area contributed by atoms with Crippen LogP contribution < -0.4 is 5.32 Å². The summed E-state index contributed by atoms with van der Waals surface area (Å²) in [5.41, 5.74) is 0.717. The van der Waals surface area contributed by atoms with Crippen molar-refractivity contribution in [2.75, 3.05) is 0 Å². The van der Waals surface area contributed by atoms with Crippen molar-refractivity contribution >= 4 is 11.9 Å². The zero-order chi connectivity index (χ0) is 14.7.